The SMILES string of the molecule is CN(c1nc2ccccc2[nH]1)c1ccc(Cl)s1. The van der Waals surface area contributed by atoms with Crippen molar-refractivity contribution in [1.29, 1.82) is 0 Å². The van der Waals surface area contributed by atoms with Gasteiger partial charge in [-0.2, -0.15) is 0 Å². The molecule has 2 aromatic heterocycles. The molecule has 0 saturated carbocycles. The lowest BCUT2D eigenvalue weighted by molar-refractivity contribution is 1.12. The van der Waals surface area contributed by atoms with Gasteiger partial charge in [-0.3, -0.25) is 0 Å². The summed E-state index contributed by atoms with van der Waals surface area (Å²) in [7, 11) is 1.97. The number of halogens is 1. The number of aromatic amines is 1. The second-order valence-corrected chi connectivity index (χ2v) is 5.41. The fraction of sp³-hybridized carbons (Fsp3) is 0.0833. The maximum Gasteiger partial charge on any atom is 0.208 e. The Bertz CT molecular complexity index is 625. The molecule has 3 aromatic rings. The summed E-state index contributed by atoms with van der Waals surface area (Å²) in [6.45, 7) is 0. The van der Waals surface area contributed by atoms with Gasteiger partial charge in [0.25, 0.3) is 0 Å². The number of aromatic nitrogens is 2. The van der Waals surface area contributed by atoms with Gasteiger partial charge in [-0.05, 0) is 24.3 Å². The van der Waals surface area contributed by atoms with E-state index in [1.165, 1.54) is 11.3 Å². The molecule has 1 aromatic carbocycles. The molecule has 5 heteroatoms. The highest BCUT2D eigenvalue weighted by molar-refractivity contribution is 7.20. The molecule has 0 aliphatic heterocycles. The molecule has 0 atom stereocenters. The Balaban J connectivity index is 2.03. The number of nitrogens with zero attached hydrogens (tertiary/aromatic N) is 2. The summed E-state index contributed by atoms with van der Waals surface area (Å²) in [5.41, 5.74) is 2.01. The minimum atomic E-state index is 0.781. The average Bonchev–Trinajstić information content (AvgIpc) is 2.93. The molecule has 2 heterocycles. The van der Waals surface area contributed by atoms with Crippen LogP contribution in [0.4, 0.5) is 10.9 Å². The summed E-state index contributed by atoms with van der Waals surface area (Å²) in [5, 5.41) is 1.06. The van der Waals surface area contributed by atoms with Gasteiger partial charge >= 0.3 is 0 Å². The second-order valence-electron chi connectivity index (χ2n) is 3.71. The van der Waals surface area contributed by atoms with E-state index in [0.29, 0.717) is 0 Å². The maximum atomic E-state index is 5.93. The Labute approximate surface area is 108 Å². The number of fused-ring (bicyclic) bond motifs is 1. The molecule has 0 fully saturated rings. The Kier molecular flexibility index (Phi) is 2.53. The van der Waals surface area contributed by atoms with Crippen molar-refractivity contribution >= 4 is 44.9 Å². The Morgan fingerprint density at radius 1 is 1.24 bits per heavy atom. The Hall–Kier alpha value is -1.52. The predicted octanol–water partition coefficient (Wildman–Crippen LogP) is 4.05. The van der Waals surface area contributed by atoms with Crippen LogP contribution in [0.3, 0.4) is 0 Å². The van der Waals surface area contributed by atoms with Crippen LogP contribution in [-0.2, 0) is 0 Å². The third-order valence-electron chi connectivity index (χ3n) is 2.58. The van der Waals surface area contributed by atoms with E-state index in [0.717, 1.165) is 26.3 Å². The number of imidazole rings is 1. The molecule has 86 valence electrons. The molecule has 0 saturated heterocycles. The number of para-hydroxylation sites is 2. The zero-order valence-electron chi connectivity index (χ0n) is 9.14. The highest BCUT2D eigenvalue weighted by Crippen LogP contribution is 2.32. The molecule has 3 nitrogen and oxygen atoms in total. The van der Waals surface area contributed by atoms with Gasteiger partial charge in [-0.25, -0.2) is 4.98 Å². The third-order valence-corrected chi connectivity index (χ3v) is 3.89. The molecule has 3 rings (SSSR count). The van der Waals surface area contributed by atoms with Crippen molar-refractivity contribution in [3.63, 3.8) is 0 Å². The van der Waals surface area contributed by atoms with Crippen molar-refractivity contribution in [2.45, 2.75) is 0 Å². The summed E-state index contributed by atoms with van der Waals surface area (Å²) >= 11 is 7.46. The quantitative estimate of drug-likeness (QED) is 0.757. The van der Waals surface area contributed by atoms with Crippen molar-refractivity contribution in [3.8, 4) is 0 Å². The largest absolute Gasteiger partial charge is 0.324 e. The normalized spacial score (nSPS) is 10.9. The van der Waals surface area contributed by atoms with Crippen molar-refractivity contribution in [2.75, 3.05) is 11.9 Å². The first-order valence-corrected chi connectivity index (χ1v) is 6.37. The highest BCUT2D eigenvalue weighted by Gasteiger charge is 2.10. The van der Waals surface area contributed by atoms with Crippen LogP contribution < -0.4 is 4.90 Å². The summed E-state index contributed by atoms with van der Waals surface area (Å²) in [6.07, 6.45) is 0. The smallest absolute Gasteiger partial charge is 0.208 e. The maximum absolute atomic E-state index is 5.93. The minimum Gasteiger partial charge on any atom is -0.324 e. The van der Waals surface area contributed by atoms with Crippen LogP contribution >= 0.6 is 22.9 Å². The second kappa shape index (κ2) is 4.05. The molecular weight excluding hydrogens is 254 g/mol. The van der Waals surface area contributed by atoms with Gasteiger partial charge in [-0.15, -0.1) is 11.3 Å². The molecule has 17 heavy (non-hydrogen) atoms. The van der Waals surface area contributed by atoms with E-state index in [9.17, 15) is 0 Å². The number of H-pyrrole nitrogens is 1. The van der Waals surface area contributed by atoms with Crippen molar-refractivity contribution in [1.82, 2.24) is 9.97 Å². The van der Waals surface area contributed by atoms with Gasteiger partial charge in [0, 0.05) is 7.05 Å². The van der Waals surface area contributed by atoms with Crippen molar-refractivity contribution < 1.29 is 0 Å². The zero-order valence-corrected chi connectivity index (χ0v) is 10.7. The first-order valence-electron chi connectivity index (χ1n) is 5.18. The predicted molar refractivity (Wildman–Crippen MR) is 73.5 cm³/mol. The topological polar surface area (TPSA) is 31.9 Å². The van der Waals surface area contributed by atoms with Crippen molar-refractivity contribution in [2.24, 2.45) is 0 Å². The van der Waals surface area contributed by atoms with Gasteiger partial charge in [0.05, 0.1) is 20.4 Å². The molecule has 1 N–H and O–H groups in total. The van der Waals surface area contributed by atoms with Crippen LogP contribution in [0.2, 0.25) is 4.34 Å². The van der Waals surface area contributed by atoms with Gasteiger partial charge in [0.15, 0.2) is 0 Å². The van der Waals surface area contributed by atoms with Crippen LogP contribution in [-0.4, -0.2) is 17.0 Å². The van der Waals surface area contributed by atoms with E-state index in [-0.39, 0.29) is 0 Å². The first-order chi connectivity index (χ1) is 8.24. The summed E-state index contributed by atoms with van der Waals surface area (Å²) in [6, 6.07) is 11.9. The lowest BCUT2D eigenvalue weighted by Gasteiger charge is -2.12. The number of nitrogens with one attached hydrogen (secondary N) is 1. The number of anilines is 2. The molecule has 0 aliphatic carbocycles. The molecule has 0 aliphatic rings. The number of thiophene rings is 1. The van der Waals surface area contributed by atoms with E-state index < -0.39 is 0 Å². The average molecular weight is 264 g/mol. The standard InChI is InChI=1S/C12H10ClN3S/c1-16(11-7-6-10(13)17-11)12-14-8-4-2-3-5-9(8)15-12/h2-7H,1H3,(H,14,15). The molecule has 0 amide bonds. The number of rotatable bonds is 2. The summed E-state index contributed by atoms with van der Waals surface area (Å²) in [5.74, 6) is 0.824. The van der Waals surface area contributed by atoms with Crippen LogP contribution in [0.1, 0.15) is 0 Å². The molecular formula is C12H10ClN3S. The summed E-state index contributed by atoms with van der Waals surface area (Å²) in [4.78, 5) is 9.81. The van der Waals surface area contributed by atoms with Crippen LogP contribution in [0.15, 0.2) is 36.4 Å². The Morgan fingerprint density at radius 3 is 2.76 bits per heavy atom. The molecule has 0 spiro atoms. The third kappa shape index (κ3) is 1.90. The monoisotopic (exact) mass is 263 g/mol. The van der Waals surface area contributed by atoms with E-state index in [1.54, 1.807) is 0 Å². The summed E-state index contributed by atoms with van der Waals surface area (Å²) < 4.78 is 0.781. The van der Waals surface area contributed by atoms with Gasteiger partial charge in [0.2, 0.25) is 5.95 Å². The van der Waals surface area contributed by atoms with E-state index in [2.05, 4.69) is 9.97 Å². The van der Waals surface area contributed by atoms with Gasteiger partial charge in [0.1, 0.15) is 0 Å². The number of benzene rings is 1. The number of hydrogen-bond acceptors (Lipinski definition) is 3. The fourth-order valence-electron chi connectivity index (χ4n) is 1.69. The minimum absolute atomic E-state index is 0.781. The van der Waals surface area contributed by atoms with Crippen molar-refractivity contribution in [3.05, 3.63) is 40.7 Å². The molecule has 0 unspecified atom stereocenters. The van der Waals surface area contributed by atoms with E-state index >= 15 is 0 Å². The van der Waals surface area contributed by atoms with Gasteiger partial charge < -0.3 is 9.88 Å². The fourth-order valence-corrected chi connectivity index (χ4v) is 2.68. The molecule has 0 bridgehead atoms. The first kappa shape index (κ1) is 10.6. The molecule has 0 radical (unpaired) electrons. The van der Waals surface area contributed by atoms with Crippen LogP contribution in [0.25, 0.3) is 11.0 Å². The lowest BCUT2D eigenvalue weighted by Crippen LogP contribution is -2.09. The van der Waals surface area contributed by atoms with E-state index in [4.69, 9.17) is 11.6 Å². The zero-order chi connectivity index (χ0) is 11.8. The Morgan fingerprint density at radius 2 is 2.06 bits per heavy atom. The number of hydrogen-bond donors (Lipinski definition) is 1. The van der Waals surface area contributed by atoms with E-state index in [1.807, 2.05) is 48.3 Å². The van der Waals surface area contributed by atoms with Gasteiger partial charge in [-0.1, -0.05) is 23.7 Å². The van der Waals surface area contributed by atoms with Crippen LogP contribution in [0, 0.1) is 0 Å². The highest BCUT2D eigenvalue weighted by atomic mass is 35.5. The van der Waals surface area contributed by atoms with Crippen LogP contribution in [0.5, 0.6) is 0 Å². The lowest BCUT2D eigenvalue weighted by atomic mass is 10.3.